The zero-order valence-electron chi connectivity index (χ0n) is 7.77. The smallest absolute Gasteiger partial charge is 0.00703 e. The fourth-order valence-corrected chi connectivity index (χ4v) is 1.62. The standard InChI is InChI=1S/C10H21S/c1-3-4-5-6-7-8-9-10-11-2/h1,3-10H2,2H3. The van der Waals surface area contributed by atoms with E-state index in [0.29, 0.717) is 0 Å². The van der Waals surface area contributed by atoms with Crippen molar-refractivity contribution in [3.05, 3.63) is 6.92 Å². The fourth-order valence-electron chi connectivity index (χ4n) is 1.13. The van der Waals surface area contributed by atoms with Crippen molar-refractivity contribution in [1.29, 1.82) is 0 Å². The maximum Gasteiger partial charge on any atom is -0.00703 e. The molecule has 0 aliphatic heterocycles. The van der Waals surface area contributed by atoms with Crippen LogP contribution in [0, 0.1) is 6.92 Å². The summed E-state index contributed by atoms with van der Waals surface area (Å²) in [6.07, 6.45) is 11.7. The Bertz CT molecular complexity index is 53.9. The van der Waals surface area contributed by atoms with Crippen molar-refractivity contribution >= 4 is 11.8 Å². The highest BCUT2D eigenvalue weighted by atomic mass is 32.2. The van der Waals surface area contributed by atoms with E-state index < -0.39 is 0 Å². The Balaban J connectivity index is 2.69. The second kappa shape index (κ2) is 10.3. The van der Waals surface area contributed by atoms with Crippen molar-refractivity contribution in [3.63, 3.8) is 0 Å². The Labute approximate surface area is 76.1 Å². The molecule has 0 saturated carbocycles. The predicted octanol–water partition coefficient (Wildman–Crippen LogP) is 3.91. The average Bonchev–Trinajstić information content (AvgIpc) is 2.03. The van der Waals surface area contributed by atoms with Gasteiger partial charge in [0, 0.05) is 0 Å². The molecule has 0 fully saturated rings. The highest BCUT2D eigenvalue weighted by Crippen LogP contribution is 2.08. The first-order chi connectivity index (χ1) is 5.41. The number of hydrogen-bond acceptors (Lipinski definition) is 1. The molecule has 0 rings (SSSR count). The molecule has 0 aromatic heterocycles. The second-order valence-electron chi connectivity index (χ2n) is 2.97. The van der Waals surface area contributed by atoms with Crippen LogP contribution in [0.4, 0.5) is 0 Å². The van der Waals surface area contributed by atoms with Gasteiger partial charge in [-0.25, -0.2) is 0 Å². The lowest BCUT2D eigenvalue weighted by Crippen LogP contribution is -1.81. The van der Waals surface area contributed by atoms with Crippen LogP contribution in [0.2, 0.25) is 0 Å². The molecule has 0 spiro atoms. The lowest BCUT2D eigenvalue weighted by atomic mass is 10.1. The summed E-state index contributed by atoms with van der Waals surface area (Å²) < 4.78 is 0. The molecule has 0 atom stereocenters. The van der Waals surface area contributed by atoms with Crippen molar-refractivity contribution in [2.75, 3.05) is 12.0 Å². The van der Waals surface area contributed by atoms with Gasteiger partial charge in [0.05, 0.1) is 0 Å². The lowest BCUT2D eigenvalue weighted by Gasteiger charge is -1.98. The lowest BCUT2D eigenvalue weighted by molar-refractivity contribution is 0.613. The van der Waals surface area contributed by atoms with Crippen LogP contribution in [0.15, 0.2) is 0 Å². The van der Waals surface area contributed by atoms with Gasteiger partial charge in [-0.15, -0.1) is 0 Å². The Morgan fingerprint density at radius 3 is 2.00 bits per heavy atom. The molecular formula is C10H21S. The third-order valence-corrected chi connectivity index (χ3v) is 2.55. The second-order valence-corrected chi connectivity index (χ2v) is 3.95. The molecule has 0 nitrogen and oxygen atoms in total. The van der Waals surface area contributed by atoms with Gasteiger partial charge in [-0.05, 0) is 18.4 Å². The van der Waals surface area contributed by atoms with Crippen LogP contribution in [-0.2, 0) is 0 Å². The van der Waals surface area contributed by atoms with Crippen LogP contribution in [0.1, 0.15) is 44.9 Å². The third-order valence-electron chi connectivity index (χ3n) is 1.85. The van der Waals surface area contributed by atoms with Crippen LogP contribution in [0.3, 0.4) is 0 Å². The molecular weight excluding hydrogens is 152 g/mol. The first-order valence-electron chi connectivity index (χ1n) is 4.70. The average molecular weight is 173 g/mol. The normalized spacial score (nSPS) is 10.4. The number of rotatable bonds is 8. The van der Waals surface area contributed by atoms with Gasteiger partial charge < -0.3 is 0 Å². The zero-order chi connectivity index (χ0) is 8.36. The van der Waals surface area contributed by atoms with E-state index in [-0.39, 0.29) is 0 Å². The van der Waals surface area contributed by atoms with E-state index in [1.54, 1.807) is 0 Å². The van der Waals surface area contributed by atoms with Crippen LogP contribution < -0.4 is 0 Å². The summed E-state index contributed by atoms with van der Waals surface area (Å²) in [6.45, 7) is 3.83. The van der Waals surface area contributed by atoms with Crippen LogP contribution in [-0.4, -0.2) is 12.0 Å². The van der Waals surface area contributed by atoms with Gasteiger partial charge in [-0.2, -0.15) is 11.8 Å². The van der Waals surface area contributed by atoms with Gasteiger partial charge in [0.25, 0.3) is 0 Å². The van der Waals surface area contributed by atoms with E-state index in [9.17, 15) is 0 Å². The predicted molar refractivity (Wildman–Crippen MR) is 56.1 cm³/mol. The van der Waals surface area contributed by atoms with E-state index in [1.807, 2.05) is 11.8 Å². The summed E-state index contributed by atoms with van der Waals surface area (Å²) in [7, 11) is 0. The Kier molecular flexibility index (Phi) is 10.7. The first-order valence-corrected chi connectivity index (χ1v) is 6.09. The van der Waals surface area contributed by atoms with E-state index in [2.05, 4.69) is 13.2 Å². The number of thioether (sulfide) groups is 1. The summed E-state index contributed by atoms with van der Waals surface area (Å²) in [5.41, 5.74) is 0. The van der Waals surface area contributed by atoms with Gasteiger partial charge in [0.1, 0.15) is 0 Å². The summed E-state index contributed by atoms with van der Waals surface area (Å²) in [4.78, 5) is 0. The first kappa shape index (κ1) is 11.4. The number of hydrogen-bond donors (Lipinski definition) is 0. The van der Waals surface area contributed by atoms with Crippen molar-refractivity contribution in [3.8, 4) is 0 Å². The summed E-state index contributed by atoms with van der Waals surface area (Å²) in [5, 5.41) is 0. The highest BCUT2D eigenvalue weighted by Gasteiger charge is 1.89. The molecule has 0 bridgehead atoms. The minimum atomic E-state index is 1.12. The topological polar surface area (TPSA) is 0 Å². The summed E-state index contributed by atoms with van der Waals surface area (Å²) >= 11 is 1.96. The van der Waals surface area contributed by atoms with Crippen molar-refractivity contribution in [1.82, 2.24) is 0 Å². The van der Waals surface area contributed by atoms with E-state index in [0.717, 1.165) is 6.42 Å². The van der Waals surface area contributed by atoms with Gasteiger partial charge in [0.2, 0.25) is 0 Å². The van der Waals surface area contributed by atoms with Gasteiger partial charge in [-0.1, -0.05) is 45.4 Å². The van der Waals surface area contributed by atoms with E-state index in [1.165, 1.54) is 44.3 Å². The van der Waals surface area contributed by atoms with Crippen LogP contribution >= 0.6 is 11.8 Å². The SMILES string of the molecule is [CH2]CCCCCCCCSC. The maximum atomic E-state index is 3.83. The quantitative estimate of drug-likeness (QED) is 0.501. The third kappa shape index (κ3) is 10.4. The Hall–Kier alpha value is 0.350. The van der Waals surface area contributed by atoms with Gasteiger partial charge >= 0.3 is 0 Å². The fraction of sp³-hybridized carbons (Fsp3) is 0.900. The van der Waals surface area contributed by atoms with Crippen LogP contribution in [0.25, 0.3) is 0 Å². The Morgan fingerprint density at radius 1 is 0.909 bits per heavy atom. The summed E-state index contributed by atoms with van der Waals surface area (Å²) in [6, 6.07) is 0. The monoisotopic (exact) mass is 173 g/mol. The molecule has 1 heteroatoms. The summed E-state index contributed by atoms with van der Waals surface area (Å²) in [5.74, 6) is 1.34. The van der Waals surface area contributed by atoms with Crippen molar-refractivity contribution < 1.29 is 0 Å². The molecule has 0 aromatic carbocycles. The van der Waals surface area contributed by atoms with Crippen LogP contribution in [0.5, 0.6) is 0 Å². The molecule has 67 valence electrons. The Morgan fingerprint density at radius 2 is 1.45 bits per heavy atom. The maximum absolute atomic E-state index is 3.83. The molecule has 0 saturated heterocycles. The van der Waals surface area contributed by atoms with Gasteiger partial charge in [-0.3, -0.25) is 0 Å². The molecule has 1 radical (unpaired) electrons. The van der Waals surface area contributed by atoms with E-state index in [4.69, 9.17) is 0 Å². The molecule has 11 heavy (non-hydrogen) atoms. The molecule has 0 N–H and O–H groups in total. The zero-order valence-corrected chi connectivity index (χ0v) is 8.59. The molecule has 0 unspecified atom stereocenters. The van der Waals surface area contributed by atoms with Gasteiger partial charge in [0.15, 0.2) is 0 Å². The minimum Gasteiger partial charge on any atom is -0.165 e. The van der Waals surface area contributed by atoms with E-state index >= 15 is 0 Å². The minimum absolute atomic E-state index is 1.12. The molecule has 0 aliphatic rings. The largest absolute Gasteiger partial charge is 0.165 e. The molecule has 0 aromatic rings. The molecule has 0 amide bonds. The van der Waals surface area contributed by atoms with Crippen molar-refractivity contribution in [2.24, 2.45) is 0 Å². The molecule has 0 aliphatic carbocycles. The number of unbranched alkanes of at least 4 members (excludes halogenated alkanes) is 6. The highest BCUT2D eigenvalue weighted by molar-refractivity contribution is 7.98. The molecule has 0 heterocycles. The van der Waals surface area contributed by atoms with Crippen molar-refractivity contribution in [2.45, 2.75) is 44.9 Å².